The lowest BCUT2D eigenvalue weighted by atomic mass is 10.1. The van der Waals surface area contributed by atoms with Crippen molar-refractivity contribution in [3.8, 4) is 0 Å². The minimum atomic E-state index is -0.482. The first kappa shape index (κ1) is 16.3. The van der Waals surface area contributed by atoms with Crippen molar-refractivity contribution in [2.45, 2.75) is 31.8 Å². The van der Waals surface area contributed by atoms with Crippen molar-refractivity contribution >= 4 is 16.9 Å². The Morgan fingerprint density at radius 2 is 2.00 bits per heavy atom. The number of para-hydroxylation sites is 2. The molecule has 0 fully saturated rings. The van der Waals surface area contributed by atoms with Crippen LogP contribution >= 0.6 is 0 Å². The van der Waals surface area contributed by atoms with Crippen LogP contribution in [-0.2, 0) is 11.3 Å². The van der Waals surface area contributed by atoms with Crippen LogP contribution in [0.3, 0.4) is 0 Å². The van der Waals surface area contributed by atoms with Crippen LogP contribution in [0.25, 0.3) is 11.0 Å². The van der Waals surface area contributed by atoms with Gasteiger partial charge in [0, 0.05) is 7.05 Å². The molecular weight excluding hydrogens is 278 g/mol. The van der Waals surface area contributed by atoms with E-state index in [-0.39, 0.29) is 5.91 Å². The van der Waals surface area contributed by atoms with Crippen molar-refractivity contribution in [1.82, 2.24) is 14.9 Å². The zero-order valence-corrected chi connectivity index (χ0v) is 12.9. The maximum absolute atomic E-state index is 12.2. The molecule has 1 atom stereocenters. The van der Waals surface area contributed by atoms with E-state index >= 15 is 0 Å². The predicted octanol–water partition coefficient (Wildman–Crippen LogP) is 1.04. The number of hydrogen-bond acceptors (Lipinski definition) is 5. The number of aromatic nitrogens is 2. The predicted molar refractivity (Wildman–Crippen MR) is 86.9 cm³/mol. The fourth-order valence-electron chi connectivity index (χ4n) is 2.31. The third kappa shape index (κ3) is 4.22. The molecule has 0 spiro atoms. The van der Waals surface area contributed by atoms with Crippen molar-refractivity contribution in [1.29, 1.82) is 0 Å². The fraction of sp³-hybridized carbons (Fsp3) is 0.438. The maximum atomic E-state index is 12.2. The Kier molecular flexibility index (Phi) is 5.80. The van der Waals surface area contributed by atoms with Crippen molar-refractivity contribution in [2.75, 3.05) is 13.6 Å². The van der Waals surface area contributed by atoms with Crippen LogP contribution in [-0.4, -0.2) is 40.4 Å². The van der Waals surface area contributed by atoms with Gasteiger partial charge in [-0.2, -0.15) is 0 Å². The van der Waals surface area contributed by atoms with E-state index in [4.69, 9.17) is 11.5 Å². The number of hydrogen-bond donors (Lipinski definition) is 2. The SMILES string of the molecule is CN(Cc1cnc2ccccc2n1)C(=O)[C@@H](N)CCCCN. The van der Waals surface area contributed by atoms with Gasteiger partial charge in [0.25, 0.3) is 0 Å². The topological polar surface area (TPSA) is 98.1 Å². The number of carbonyl (C=O) groups is 1. The minimum Gasteiger partial charge on any atom is -0.338 e. The van der Waals surface area contributed by atoms with E-state index in [2.05, 4.69) is 9.97 Å². The van der Waals surface area contributed by atoms with Gasteiger partial charge in [0.1, 0.15) is 0 Å². The number of fused-ring (bicyclic) bond motifs is 1. The van der Waals surface area contributed by atoms with Gasteiger partial charge in [0.15, 0.2) is 0 Å². The summed E-state index contributed by atoms with van der Waals surface area (Å²) in [6.07, 6.45) is 4.11. The molecule has 6 nitrogen and oxygen atoms in total. The van der Waals surface area contributed by atoms with Crippen molar-refractivity contribution in [3.63, 3.8) is 0 Å². The summed E-state index contributed by atoms with van der Waals surface area (Å²) in [5.74, 6) is -0.0769. The molecule has 0 unspecified atom stereocenters. The second kappa shape index (κ2) is 7.82. The van der Waals surface area contributed by atoms with Gasteiger partial charge in [-0.3, -0.25) is 9.78 Å². The van der Waals surface area contributed by atoms with E-state index in [1.807, 2.05) is 24.3 Å². The molecule has 22 heavy (non-hydrogen) atoms. The van der Waals surface area contributed by atoms with Crippen LogP contribution in [0.4, 0.5) is 0 Å². The lowest BCUT2D eigenvalue weighted by molar-refractivity contribution is -0.132. The fourth-order valence-corrected chi connectivity index (χ4v) is 2.31. The molecule has 0 radical (unpaired) electrons. The number of nitrogens with zero attached hydrogens (tertiary/aromatic N) is 3. The summed E-state index contributed by atoms with van der Waals surface area (Å²) in [4.78, 5) is 22.7. The van der Waals surface area contributed by atoms with Gasteiger partial charge in [-0.15, -0.1) is 0 Å². The number of unbranched alkanes of at least 4 members (excludes halogenated alkanes) is 1. The Morgan fingerprint density at radius 1 is 1.27 bits per heavy atom. The van der Waals surface area contributed by atoms with Crippen molar-refractivity contribution in [3.05, 3.63) is 36.2 Å². The van der Waals surface area contributed by atoms with Gasteiger partial charge < -0.3 is 16.4 Å². The Labute approximate surface area is 130 Å². The van der Waals surface area contributed by atoms with Gasteiger partial charge >= 0.3 is 0 Å². The molecule has 0 aliphatic rings. The van der Waals surface area contributed by atoms with E-state index in [0.29, 0.717) is 19.5 Å². The van der Waals surface area contributed by atoms with Gasteiger partial charge in [-0.1, -0.05) is 18.6 Å². The Balaban J connectivity index is 1.97. The van der Waals surface area contributed by atoms with E-state index in [9.17, 15) is 4.79 Å². The Bertz CT molecular complexity index is 631. The molecule has 0 saturated heterocycles. The van der Waals surface area contributed by atoms with Crippen molar-refractivity contribution in [2.24, 2.45) is 11.5 Å². The van der Waals surface area contributed by atoms with Gasteiger partial charge in [0.05, 0.1) is 35.5 Å². The summed E-state index contributed by atoms with van der Waals surface area (Å²) in [7, 11) is 1.74. The first-order chi connectivity index (χ1) is 10.6. The van der Waals surface area contributed by atoms with Gasteiger partial charge in [-0.25, -0.2) is 4.98 Å². The monoisotopic (exact) mass is 301 g/mol. The highest BCUT2D eigenvalue weighted by molar-refractivity contribution is 5.81. The van der Waals surface area contributed by atoms with Crippen LogP contribution in [0.5, 0.6) is 0 Å². The molecule has 0 aliphatic heterocycles. The smallest absolute Gasteiger partial charge is 0.239 e. The molecule has 1 amide bonds. The average molecular weight is 301 g/mol. The third-order valence-electron chi connectivity index (χ3n) is 3.56. The standard InChI is InChI=1S/C16H23N5O/c1-21(16(22)13(18)6-4-5-9-17)11-12-10-19-14-7-2-3-8-15(14)20-12/h2-3,7-8,10,13H,4-6,9,11,17-18H2,1H3/t13-/m0/s1. The second-order valence-electron chi connectivity index (χ2n) is 5.44. The molecule has 118 valence electrons. The summed E-state index contributed by atoms with van der Waals surface area (Å²) in [6.45, 7) is 1.03. The summed E-state index contributed by atoms with van der Waals surface area (Å²) >= 11 is 0. The summed E-state index contributed by atoms with van der Waals surface area (Å²) in [6, 6.07) is 7.18. The first-order valence-electron chi connectivity index (χ1n) is 7.53. The molecule has 1 heterocycles. The molecule has 0 saturated carbocycles. The number of amides is 1. The van der Waals surface area contributed by atoms with Crippen LogP contribution in [0.2, 0.25) is 0 Å². The van der Waals surface area contributed by atoms with E-state index in [0.717, 1.165) is 29.6 Å². The van der Waals surface area contributed by atoms with E-state index in [1.54, 1.807) is 18.1 Å². The number of rotatable bonds is 7. The second-order valence-corrected chi connectivity index (χ2v) is 5.44. The number of nitrogens with two attached hydrogens (primary N) is 2. The zero-order valence-electron chi connectivity index (χ0n) is 12.9. The highest BCUT2D eigenvalue weighted by Crippen LogP contribution is 2.10. The number of likely N-dealkylation sites (N-methyl/N-ethyl adjacent to an activating group) is 1. The molecule has 0 bridgehead atoms. The maximum Gasteiger partial charge on any atom is 0.239 e. The van der Waals surface area contributed by atoms with Crippen LogP contribution in [0.15, 0.2) is 30.5 Å². The quantitative estimate of drug-likeness (QED) is 0.745. The van der Waals surface area contributed by atoms with Gasteiger partial charge in [-0.05, 0) is 31.5 Å². The molecule has 0 aliphatic carbocycles. The van der Waals surface area contributed by atoms with Crippen LogP contribution < -0.4 is 11.5 Å². The zero-order chi connectivity index (χ0) is 15.9. The summed E-state index contributed by atoms with van der Waals surface area (Å²) < 4.78 is 0. The summed E-state index contributed by atoms with van der Waals surface area (Å²) in [5, 5.41) is 0. The van der Waals surface area contributed by atoms with Crippen LogP contribution in [0.1, 0.15) is 25.0 Å². The average Bonchev–Trinajstić information content (AvgIpc) is 2.54. The molecule has 2 rings (SSSR count). The normalized spacial score (nSPS) is 12.3. The van der Waals surface area contributed by atoms with Gasteiger partial charge in [0.2, 0.25) is 5.91 Å². The number of carbonyl (C=O) groups excluding carboxylic acids is 1. The lowest BCUT2D eigenvalue weighted by Crippen LogP contribution is -2.41. The molecule has 2 aromatic rings. The minimum absolute atomic E-state index is 0.0769. The highest BCUT2D eigenvalue weighted by atomic mass is 16.2. The Morgan fingerprint density at radius 3 is 2.73 bits per heavy atom. The molecule has 1 aromatic carbocycles. The molecule has 6 heteroatoms. The third-order valence-corrected chi connectivity index (χ3v) is 3.56. The Hall–Kier alpha value is -2.05. The largest absolute Gasteiger partial charge is 0.338 e. The molecule has 1 aromatic heterocycles. The van der Waals surface area contributed by atoms with Crippen molar-refractivity contribution < 1.29 is 4.79 Å². The van der Waals surface area contributed by atoms with E-state index < -0.39 is 6.04 Å². The highest BCUT2D eigenvalue weighted by Gasteiger charge is 2.18. The lowest BCUT2D eigenvalue weighted by Gasteiger charge is -2.21. The molecular formula is C16H23N5O. The number of benzene rings is 1. The van der Waals surface area contributed by atoms with Crippen LogP contribution in [0, 0.1) is 0 Å². The first-order valence-corrected chi connectivity index (χ1v) is 7.53. The molecule has 4 N–H and O–H groups in total. The summed E-state index contributed by atoms with van der Waals surface area (Å²) in [5.41, 5.74) is 13.8. The van der Waals surface area contributed by atoms with E-state index in [1.165, 1.54) is 0 Å².